The Morgan fingerprint density at radius 1 is 0.889 bits per heavy atom. The Balaban J connectivity index is 2.04. The van der Waals surface area contributed by atoms with E-state index in [0.29, 0.717) is 0 Å². The minimum Gasteiger partial charge on any atom is -0.341 e. The molecule has 1 heteroatoms. The molecule has 9 heavy (non-hydrogen) atoms. The van der Waals surface area contributed by atoms with E-state index in [1.165, 1.54) is 45.1 Å². The van der Waals surface area contributed by atoms with Gasteiger partial charge in [0.15, 0.2) is 0 Å². The van der Waals surface area contributed by atoms with Crippen LogP contribution in [-0.2, 0) is 0 Å². The average Bonchev–Trinajstić information content (AvgIpc) is 2.45. The topological polar surface area (TPSA) is 16.6 Å². The van der Waals surface area contributed by atoms with E-state index < -0.39 is 0 Å². The Hall–Kier alpha value is -0.0400. The summed E-state index contributed by atoms with van der Waals surface area (Å²) < 4.78 is 0. The number of hydrogen-bond donors (Lipinski definition) is 1. The Morgan fingerprint density at radius 2 is 1.56 bits per heavy atom. The van der Waals surface area contributed by atoms with Crippen LogP contribution in [0.4, 0.5) is 0 Å². The Morgan fingerprint density at radius 3 is 2.11 bits per heavy atom. The number of rotatable bonds is 0. The summed E-state index contributed by atoms with van der Waals surface area (Å²) >= 11 is 0. The number of nitrogens with two attached hydrogens (primary N) is 1. The van der Waals surface area contributed by atoms with E-state index in [9.17, 15) is 0 Å². The first-order valence-electron chi connectivity index (χ1n) is 4.26. The molecule has 2 N–H and O–H groups in total. The summed E-state index contributed by atoms with van der Waals surface area (Å²) in [5.41, 5.74) is 0.764. The van der Waals surface area contributed by atoms with Crippen molar-refractivity contribution < 1.29 is 5.32 Å². The minimum atomic E-state index is 0.764. The van der Waals surface area contributed by atoms with Crippen LogP contribution >= 0.6 is 0 Å². The number of quaternary nitrogens is 1. The zero-order valence-corrected chi connectivity index (χ0v) is 6.03. The van der Waals surface area contributed by atoms with Crippen molar-refractivity contribution in [3.8, 4) is 0 Å². The Bertz CT molecular complexity index is 79.6. The van der Waals surface area contributed by atoms with Crippen LogP contribution in [0.1, 0.15) is 38.5 Å². The van der Waals surface area contributed by atoms with Gasteiger partial charge in [-0.1, -0.05) is 0 Å². The lowest BCUT2D eigenvalue weighted by Gasteiger charge is -2.17. The van der Waals surface area contributed by atoms with Crippen LogP contribution in [-0.4, -0.2) is 12.1 Å². The molecule has 0 unspecified atom stereocenters. The zero-order chi connectivity index (χ0) is 6.16. The predicted octanol–water partition coefficient (Wildman–Crippen LogP) is 0.656. The SMILES string of the molecule is C1CCC2(C1)CCC[NH2+]2. The highest BCUT2D eigenvalue weighted by Gasteiger charge is 2.39. The quantitative estimate of drug-likeness (QED) is 0.491. The van der Waals surface area contributed by atoms with E-state index in [-0.39, 0.29) is 0 Å². The van der Waals surface area contributed by atoms with E-state index in [1.807, 2.05) is 0 Å². The minimum absolute atomic E-state index is 0.764. The molecule has 0 aromatic rings. The highest BCUT2D eigenvalue weighted by Crippen LogP contribution is 2.31. The summed E-state index contributed by atoms with van der Waals surface area (Å²) in [4.78, 5) is 0. The molecule has 1 aliphatic heterocycles. The molecule has 0 radical (unpaired) electrons. The van der Waals surface area contributed by atoms with Crippen molar-refractivity contribution in [1.29, 1.82) is 0 Å². The third-order valence-electron chi connectivity index (χ3n) is 3.06. The first-order chi connectivity index (χ1) is 4.41. The predicted molar refractivity (Wildman–Crippen MR) is 37.2 cm³/mol. The maximum atomic E-state index is 2.60. The maximum Gasteiger partial charge on any atom is 0.0963 e. The summed E-state index contributed by atoms with van der Waals surface area (Å²) in [5.74, 6) is 0. The largest absolute Gasteiger partial charge is 0.341 e. The molecule has 0 atom stereocenters. The summed E-state index contributed by atoms with van der Waals surface area (Å²) in [5, 5.41) is 2.60. The average molecular weight is 126 g/mol. The highest BCUT2D eigenvalue weighted by atomic mass is 15.0. The van der Waals surface area contributed by atoms with Gasteiger partial charge < -0.3 is 5.32 Å². The van der Waals surface area contributed by atoms with Crippen LogP contribution in [0.3, 0.4) is 0 Å². The van der Waals surface area contributed by atoms with Crippen molar-refractivity contribution in [2.75, 3.05) is 6.54 Å². The molecule has 1 saturated heterocycles. The van der Waals surface area contributed by atoms with Crippen molar-refractivity contribution >= 4 is 0 Å². The lowest BCUT2D eigenvalue weighted by atomic mass is 9.96. The third kappa shape index (κ3) is 0.877. The lowest BCUT2D eigenvalue weighted by molar-refractivity contribution is -0.706. The summed E-state index contributed by atoms with van der Waals surface area (Å²) in [6, 6.07) is 0. The second kappa shape index (κ2) is 1.98. The molecular formula is C8H16N+. The smallest absolute Gasteiger partial charge is 0.0963 e. The van der Waals surface area contributed by atoms with Gasteiger partial charge in [0, 0.05) is 25.7 Å². The third-order valence-corrected chi connectivity index (χ3v) is 3.06. The van der Waals surface area contributed by atoms with Crippen molar-refractivity contribution in [2.45, 2.75) is 44.1 Å². The molecule has 1 saturated carbocycles. The van der Waals surface area contributed by atoms with Crippen LogP contribution in [0.2, 0.25) is 0 Å². The molecular weight excluding hydrogens is 110 g/mol. The van der Waals surface area contributed by atoms with Gasteiger partial charge in [-0.05, 0) is 12.8 Å². The normalized spacial score (nSPS) is 32.0. The van der Waals surface area contributed by atoms with Crippen LogP contribution in [0.25, 0.3) is 0 Å². The van der Waals surface area contributed by atoms with Crippen molar-refractivity contribution in [3.05, 3.63) is 0 Å². The molecule has 1 nitrogen and oxygen atoms in total. The molecule has 1 spiro atoms. The highest BCUT2D eigenvalue weighted by molar-refractivity contribution is 4.85. The first kappa shape index (κ1) is 5.72. The molecule has 0 bridgehead atoms. The molecule has 0 amide bonds. The molecule has 1 heterocycles. The second-order valence-corrected chi connectivity index (χ2v) is 3.67. The maximum absolute atomic E-state index is 2.60. The van der Waals surface area contributed by atoms with Crippen molar-refractivity contribution in [2.24, 2.45) is 0 Å². The molecule has 2 fully saturated rings. The van der Waals surface area contributed by atoms with E-state index >= 15 is 0 Å². The molecule has 0 aromatic carbocycles. The van der Waals surface area contributed by atoms with Crippen molar-refractivity contribution in [3.63, 3.8) is 0 Å². The fourth-order valence-electron chi connectivity index (χ4n) is 2.50. The molecule has 52 valence electrons. The Kier molecular flexibility index (Phi) is 1.26. The van der Waals surface area contributed by atoms with Gasteiger partial charge in [-0.2, -0.15) is 0 Å². The monoisotopic (exact) mass is 126 g/mol. The van der Waals surface area contributed by atoms with E-state index in [4.69, 9.17) is 0 Å². The van der Waals surface area contributed by atoms with Gasteiger partial charge in [-0.15, -0.1) is 0 Å². The standard InChI is InChI=1S/C8H15N/c1-2-5-8(4-1)6-3-7-9-8/h9H,1-7H2/p+1. The van der Waals surface area contributed by atoms with Gasteiger partial charge in [-0.25, -0.2) is 0 Å². The molecule has 2 rings (SSSR count). The summed E-state index contributed by atoms with van der Waals surface area (Å²) in [6.45, 7) is 1.40. The second-order valence-electron chi connectivity index (χ2n) is 3.67. The van der Waals surface area contributed by atoms with Gasteiger partial charge in [0.05, 0.1) is 12.1 Å². The zero-order valence-electron chi connectivity index (χ0n) is 6.03. The molecule has 1 aliphatic carbocycles. The van der Waals surface area contributed by atoms with Gasteiger partial charge in [0.2, 0.25) is 0 Å². The summed E-state index contributed by atoms with van der Waals surface area (Å²) in [6.07, 6.45) is 8.99. The van der Waals surface area contributed by atoms with Gasteiger partial charge in [0.25, 0.3) is 0 Å². The van der Waals surface area contributed by atoms with E-state index in [1.54, 1.807) is 0 Å². The van der Waals surface area contributed by atoms with E-state index in [0.717, 1.165) is 5.54 Å². The van der Waals surface area contributed by atoms with Gasteiger partial charge in [0.1, 0.15) is 0 Å². The van der Waals surface area contributed by atoms with Crippen molar-refractivity contribution in [1.82, 2.24) is 0 Å². The van der Waals surface area contributed by atoms with Gasteiger partial charge in [-0.3, -0.25) is 0 Å². The summed E-state index contributed by atoms with van der Waals surface area (Å²) in [7, 11) is 0. The van der Waals surface area contributed by atoms with Crippen LogP contribution in [0, 0.1) is 0 Å². The van der Waals surface area contributed by atoms with Gasteiger partial charge >= 0.3 is 0 Å². The van der Waals surface area contributed by atoms with Crippen LogP contribution in [0.15, 0.2) is 0 Å². The van der Waals surface area contributed by atoms with Crippen LogP contribution < -0.4 is 5.32 Å². The fourth-order valence-corrected chi connectivity index (χ4v) is 2.50. The molecule has 0 aromatic heterocycles. The van der Waals surface area contributed by atoms with Crippen LogP contribution in [0.5, 0.6) is 0 Å². The number of hydrogen-bond acceptors (Lipinski definition) is 0. The molecule has 2 aliphatic rings. The lowest BCUT2D eigenvalue weighted by Crippen LogP contribution is -2.92. The fraction of sp³-hybridized carbons (Fsp3) is 1.00. The van der Waals surface area contributed by atoms with E-state index in [2.05, 4.69) is 5.32 Å². The first-order valence-corrected chi connectivity index (χ1v) is 4.26. The Labute approximate surface area is 56.8 Å².